The second-order valence-corrected chi connectivity index (χ2v) is 3.76. The van der Waals surface area contributed by atoms with Crippen LogP contribution in [0.5, 0.6) is 0 Å². The summed E-state index contributed by atoms with van der Waals surface area (Å²) < 4.78 is 28.6. The van der Waals surface area contributed by atoms with Gasteiger partial charge in [-0.1, -0.05) is 0 Å². The van der Waals surface area contributed by atoms with E-state index in [0.717, 1.165) is 0 Å². The summed E-state index contributed by atoms with van der Waals surface area (Å²) in [6, 6.07) is 0. The first kappa shape index (κ1) is 9.49. The number of rotatable bonds is 3. The van der Waals surface area contributed by atoms with Crippen molar-refractivity contribution in [2.75, 3.05) is 11.8 Å². The van der Waals surface area contributed by atoms with Crippen LogP contribution in [0, 0.1) is 0 Å². The molecular weight excluding hydrogens is 187 g/mol. The van der Waals surface area contributed by atoms with Crippen molar-refractivity contribution < 1.29 is 13.0 Å². The van der Waals surface area contributed by atoms with Crippen LogP contribution in [0.4, 0.5) is 0 Å². The van der Waals surface area contributed by atoms with E-state index in [1.807, 2.05) is 0 Å². The molecule has 9 heavy (non-hydrogen) atoms. The van der Waals surface area contributed by atoms with Crippen LogP contribution in [-0.4, -0.2) is 30.0 Å². The molecule has 0 saturated heterocycles. The number of alkyl halides is 2. The van der Waals surface area contributed by atoms with E-state index in [0.29, 0.717) is 0 Å². The third-order valence-electron chi connectivity index (χ3n) is 0.765. The van der Waals surface area contributed by atoms with Crippen molar-refractivity contribution in [3.05, 3.63) is 0 Å². The standard InChI is InChI=1S/C3H6Cl2O3S/c4-1-3(2-5)9(6,7)8/h3H,1-2H2,(H,6,7,8). The molecule has 0 aromatic rings. The molecule has 0 atom stereocenters. The zero-order chi connectivity index (χ0) is 7.49. The summed E-state index contributed by atoms with van der Waals surface area (Å²) in [5.41, 5.74) is 0. The van der Waals surface area contributed by atoms with Gasteiger partial charge in [-0.05, 0) is 0 Å². The maximum Gasteiger partial charge on any atom is 0.270 e. The van der Waals surface area contributed by atoms with Gasteiger partial charge in [0.2, 0.25) is 0 Å². The van der Waals surface area contributed by atoms with Crippen LogP contribution < -0.4 is 0 Å². The lowest BCUT2D eigenvalue weighted by Gasteiger charge is -2.03. The minimum Gasteiger partial charge on any atom is -0.285 e. The largest absolute Gasteiger partial charge is 0.285 e. The van der Waals surface area contributed by atoms with Crippen molar-refractivity contribution in [1.29, 1.82) is 0 Å². The Morgan fingerprint density at radius 3 is 1.67 bits per heavy atom. The second kappa shape index (κ2) is 3.61. The van der Waals surface area contributed by atoms with Gasteiger partial charge in [0.15, 0.2) is 0 Å². The van der Waals surface area contributed by atoms with Gasteiger partial charge in [-0.2, -0.15) is 8.42 Å². The molecule has 0 aliphatic rings. The van der Waals surface area contributed by atoms with E-state index in [4.69, 9.17) is 27.8 Å². The average Bonchev–Trinajstić information content (AvgIpc) is 1.65. The average molecular weight is 193 g/mol. The van der Waals surface area contributed by atoms with Crippen LogP contribution in [0.15, 0.2) is 0 Å². The molecule has 0 rings (SSSR count). The fourth-order valence-electron chi connectivity index (χ4n) is 0.200. The molecule has 0 aromatic carbocycles. The van der Waals surface area contributed by atoms with Crippen LogP contribution in [-0.2, 0) is 10.1 Å². The zero-order valence-corrected chi connectivity index (χ0v) is 6.75. The summed E-state index contributed by atoms with van der Waals surface area (Å²) in [6.07, 6.45) is 0. The van der Waals surface area contributed by atoms with E-state index in [2.05, 4.69) is 0 Å². The van der Waals surface area contributed by atoms with E-state index in [-0.39, 0.29) is 11.8 Å². The van der Waals surface area contributed by atoms with Gasteiger partial charge in [-0.15, -0.1) is 23.2 Å². The van der Waals surface area contributed by atoms with E-state index in [1.54, 1.807) is 0 Å². The van der Waals surface area contributed by atoms with E-state index in [9.17, 15) is 8.42 Å². The van der Waals surface area contributed by atoms with Crippen molar-refractivity contribution in [2.24, 2.45) is 0 Å². The fourth-order valence-corrected chi connectivity index (χ4v) is 1.80. The molecule has 3 nitrogen and oxygen atoms in total. The topological polar surface area (TPSA) is 54.4 Å². The van der Waals surface area contributed by atoms with Crippen LogP contribution in [0.2, 0.25) is 0 Å². The number of hydrogen-bond acceptors (Lipinski definition) is 2. The minimum absolute atomic E-state index is 0.178. The van der Waals surface area contributed by atoms with Crippen molar-refractivity contribution in [3.8, 4) is 0 Å². The molecule has 0 aliphatic heterocycles. The van der Waals surface area contributed by atoms with Gasteiger partial charge in [0.25, 0.3) is 10.1 Å². The maximum atomic E-state index is 10.2. The first-order chi connectivity index (χ1) is 4.02. The molecule has 0 saturated carbocycles. The molecule has 0 bridgehead atoms. The van der Waals surface area contributed by atoms with Crippen molar-refractivity contribution >= 4 is 33.3 Å². The van der Waals surface area contributed by atoms with E-state index in [1.165, 1.54) is 0 Å². The van der Waals surface area contributed by atoms with Crippen molar-refractivity contribution in [3.63, 3.8) is 0 Å². The summed E-state index contributed by atoms with van der Waals surface area (Å²) in [6.45, 7) is 0. The lowest BCUT2D eigenvalue weighted by molar-refractivity contribution is 0.474. The fraction of sp³-hybridized carbons (Fsp3) is 1.00. The van der Waals surface area contributed by atoms with Gasteiger partial charge in [-0.3, -0.25) is 4.55 Å². The molecule has 0 unspecified atom stereocenters. The molecule has 0 radical (unpaired) electrons. The Labute approximate surface area is 63.7 Å². The monoisotopic (exact) mass is 192 g/mol. The van der Waals surface area contributed by atoms with Crippen LogP contribution in [0.3, 0.4) is 0 Å². The summed E-state index contributed by atoms with van der Waals surface area (Å²) in [5.74, 6) is -0.356. The van der Waals surface area contributed by atoms with Gasteiger partial charge < -0.3 is 0 Å². The molecule has 1 N–H and O–H groups in total. The lowest BCUT2D eigenvalue weighted by atomic mass is 10.6. The highest BCUT2D eigenvalue weighted by atomic mass is 35.5. The SMILES string of the molecule is O=S(=O)(O)C(CCl)CCl. The molecule has 0 aromatic heterocycles. The van der Waals surface area contributed by atoms with Gasteiger partial charge >= 0.3 is 0 Å². The predicted molar refractivity (Wildman–Crippen MR) is 36.8 cm³/mol. The Hall–Kier alpha value is 0.490. The highest BCUT2D eigenvalue weighted by molar-refractivity contribution is 7.86. The first-order valence-electron chi connectivity index (χ1n) is 2.10. The summed E-state index contributed by atoms with van der Waals surface area (Å²) >= 11 is 10.3. The minimum atomic E-state index is -4.03. The predicted octanol–water partition coefficient (Wildman–Crippen LogP) is 0.720. The van der Waals surface area contributed by atoms with Gasteiger partial charge in [0.1, 0.15) is 5.25 Å². The third-order valence-corrected chi connectivity index (χ3v) is 3.05. The van der Waals surface area contributed by atoms with Crippen LogP contribution in [0.25, 0.3) is 0 Å². The Balaban J connectivity index is 4.14. The molecule has 0 amide bonds. The molecule has 0 heterocycles. The molecular formula is C3H6Cl2O3S. The van der Waals surface area contributed by atoms with Crippen LogP contribution >= 0.6 is 23.2 Å². The molecule has 56 valence electrons. The number of halogens is 2. The normalized spacial score (nSPS) is 12.4. The molecule has 0 spiro atoms. The summed E-state index contributed by atoms with van der Waals surface area (Å²) in [7, 11) is -4.03. The van der Waals surface area contributed by atoms with E-state index >= 15 is 0 Å². The van der Waals surface area contributed by atoms with Gasteiger partial charge in [-0.25, -0.2) is 0 Å². The maximum absolute atomic E-state index is 10.2. The van der Waals surface area contributed by atoms with Crippen LogP contribution in [0.1, 0.15) is 0 Å². The smallest absolute Gasteiger partial charge is 0.270 e. The Morgan fingerprint density at radius 1 is 1.33 bits per heavy atom. The Bertz CT molecular complexity index is 160. The van der Waals surface area contributed by atoms with E-state index < -0.39 is 15.4 Å². The third kappa shape index (κ3) is 3.25. The molecule has 0 aliphatic carbocycles. The highest BCUT2D eigenvalue weighted by Gasteiger charge is 2.19. The quantitative estimate of drug-likeness (QED) is 0.530. The molecule has 6 heteroatoms. The zero-order valence-electron chi connectivity index (χ0n) is 4.42. The first-order valence-corrected chi connectivity index (χ1v) is 4.67. The Morgan fingerprint density at radius 2 is 1.67 bits per heavy atom. The second-order valence-electron chi connectivity index (χ2n) is 1.45. The Kier molecular flexibility index (Phi) is 3.80. The van der Waals surface area contributed by atoms with Gasteiger partial charge in [0, 0.05) is 11.8 Å². The summed E-state index contributed by atoms with van der Waals surface area (Å²) in [5, 5.41) is -1.04. The lowest BCUT2D eigenvalue weighted by Crippen LogP contribution is -2.23. The summed E-state index contributed by atoms with van der Waals surface area (Å²) in [4.78, 5) is 0. The van der Waals surface area contributed by atoms with Gasteiger partial charge in [0.05, 0.1) is 0 Å². The highest BCUT2D eigenvalue weighted by Crippen LogP contribution is 2.02. The van der Waals surface area contributed by atoms with Crippen molar-refractivity contribution in [1.82, 2.24) is 0 Å². The van der Waals surface area contributed by atoms with Crippen molar-refractivity contribution in [2.45, 2.75) is 5.25 Å². The molecule has 0 fully saturated rings. The number of hydrogen-bond donors (Lipinski definition) is 1.